The van der Waals surface area contributed by atoms with Crippen LogP contribution in [0, 0.1) is 45.8 Å². The first-order chi connectivity index (χ1) is 17.9. The highest BCUT2D eigenvalue weighted by Crippen LogP contribution is 2.78. The minimum absolute atomic E-state index is 0.0299. The quantitative estimate of drug-likeness (QED) is 0.465. The fourth-order valence-corrected chi connectivity index (χ4v) is 11.1. The van der Waals surface area contributed by atoms with E-state index in [0.29, 0.717) is 13.2 Å². The second-order valence-electron chi connectivity index (χ2n) is 14.3. The maximum atomic E-state index is 13.5. The molecule has 2 spiro atoms. The van der Waals surface area contributed by atoms with Gasteiger partial charge in [0, 0.05) is 52.7 Å². The first-order valence-corrected chi connectivity index (χ1v) is 14.5. The van der Waals surface area contributed by atoms with Crippen molar-refractivity contribution in [3.63, 3.8) is 0 Å². The van der Waals surface area contributed by atoms with Gasteiger partial charge in [-0.25, -0.2) is 0 Å². The Bertz CT molecular complexity index is 1230. The van der Waals surface area contributed by atoms with Crippen molar-refractivity contribution >= 4 is 11.8 Å². The van der Waals surface area contributed by atoms with Crippen LogP contribution in [0.15, 0.2) is 23.4 Å². The molecule has 38 heavy (non-hydrogen) atoms. The van der Waals surface area contributed by atoms with E-state index in [2.05, 4.69) is 24.8 Å². The van der Waals surface area contributed by atoms with Gasteiger partial charge in [-0.05, 0) is 44.1 Å². The Balaban J connectivity index is 1.39. The Kier molecular flexibility index (Phi) is 4.40. The summed E-state index contributed by atoms with van der Waals surface area (Å²) >= 11 is 0. The first kappa shape index (κ1) is 24.1. The Morgan fingerprint density at radius 1 is 1.16 bits per heavy atom. The molecule has 0 aromatic carbocycles. The molecule has 3 aliphatic carbocycles. The maximum absolute atomic E-state index is 13.5. The molecule has 1 saturated carbocycles. The molecule has 2 N–H and O–H groups in total. The Labute approximate surface area is 223 Å². The van der Waals surface area contributed by atoms with E-state index in [9.17, 15) is 19.8 Å². The van der Waals surface area contributed by atoms with Crippen LogP contribution >= 0.6 is 0 Å². The normalized spacial score (nSPS) is 58.1. The number of nitrogens with zero attached hydrogens (tertiary/aromatic N) is 1. The summed E-state index contributed by atoms with van der Waals surface area (Å²) in [5.74, 6) is -2.67. The molecule has 8 heteroatoms. The van der Waals surface area contributed by atoms with Crippen molar-refractivity contribution in [3.05, 3.63) is 23.4 Å². The molecule has 5 saturated heterocycles. The number of rotatable bonds is 0. The van der Waals surface area contributed by atoms with Crippen molar-refractivity contribution in [3.8, 4) is 0 Å². The first-order valence-electron chi connectivity index (χ1n) is 14.5. The van der Waals surface area contributed by atoms with Gasteiger partial charge in [0.25, 0.3) is 0 Å². The summed E-state index contributed by atoms with van der Waals surface area (Å²) in [7, 11) is 0. The molecule has 8 aliphatic rings. The molecule has 6 fully saturated rings. The fraction of sp³-hybridized carbons (Fsp3) is 0.800. The number of hydrogen-bond acceptors (Lipinski definition) is 8. The number of cyclic esters (lactones) is 1. The topological polar surface area (TPSA) is 106 Å². The molecule has 4 bridgehead atoms. The highest BCUT2D eigenvalue weighted by molar-refractivity contribution is 5.94. The summed E-state index contributed by atoms with van der Waals surface area (Å²) in [6.07, 6.45) is 6.69. The summed E-state index contributed by atoms with van der Waals surface area (Å²) in [6, 6.07) is 0. The number of fused-ring (bicyclic) bond motifs is 5. The zero-order chi connectivity index (χ0) is 26.6. The van der Waals surface area contributed by atoms with Crippen molar-refractivity contribution < 1.29 is 34.0 Å². The largest absolute Gasteiger partial charge is 0.465 e. The number of piperidine rings is 1. The van der Waals surface area contributed by atoms with Crippen LogP contribution in [0.5, 0.6) is 0 Å². The van der Waals surface area contributed by atoms with E-state index in [-0.39, 0.29) is 54.6 Å². The van der Waals surface area contributed by atoms with Crippen LogP contribution in [0.2, 0.25) is 0 Å². The third-order valence-electron chi connectivity index (χ3n) is 12.8. The molecule has 8 rings (SSSR count). The molecule has 12 atom stereocenters. The zero-order valence-corrected chi connectivity index (χ0v) is 22.7. The Hall–Kier alpha value is -1.74. The molecule has 0 aromatic rings. The van der Waals surface area contributed by atoms with E-state index in [1.807, 2.05) is 13.8 Å². The highest BCUT2D eigenvalue weighted by Gasteiger charge is 2.81. The minimum Gasteiger partial charge on any atom is -0.465 e. The van der Waals surface area contributed by atoms with Crippen LogP contribution < -0.4 is 0 Å². The van der Waals surface area contributed by atoms with Gasteiger partial charge in [0.1, 0.15) is 11.8 Å². The average Bonchev–Trinajstić information content (AvgIpc) is 3.49. The lowest BCUT2D eigenvalue weighted by Crippen LogP contribution is -2.71. The minimum atomic E-state index is -1.52. The highest BCUT2D eigenvalue weighted by atomic mass is 16.6. The van der Waals surface area contributed by atoms with E-state index < -0.39 is 39.8 Å². The van der Waals surface area contributed by atoms with Gasteiger partial charge < -0.3 is 29.3 Å². The second-order valence-corrected chi connectivity index (χ2v) is 14.3. The van der Waals surface area contributed by atoms with Crippen molar-refractivity contribution in [1.82, 2.24) is 4.90 Å². The number of ether oxygens (including phenoxy) is 3. The second kappa shape index (κ2) is 6.93. The number of aliphatic hydroxyl groups is 2. The maximum Gasteiger partial charge on any atom is 0.306 e. The summed E-state index contributed by atoms with van der Waals surface area (Å²) in [5, 5.41) is 23.4. The molecule has 5 aliphatic heterocycles. The SMILES string of the molecule is CC1=CC(=O)[C@@H]2[C@@H](C1)C13C=C4N5C[C@@H]6O[C@@]5(CC[C@@]4(C)[C@]4(COC(=O)C4)[C@H]1[C@@](O)(OC3)[C@@H]2C)C[C@@H](C)[C@@H]6O. The number of hydrogen-bond donors (Lipinski definition) is 2. The summed E-state index contributed by atoms with van der Waals surface area (Å²) < 4.78 is 18.9. The fourth-order valence-electron chi connectivity index (χ4n) is 11.1. The summed E-state index contributed by atoms with van der Waals surface area (Å²) in [6.45, 7) is 9.51. The molecule has 206 valence electrons. The van der Waals surface area contributed by atoms with Gasteiger partial charge >= 0.3 is 5.97 Å². The number of aliphatic hydroxyl groups excluding tert-OH is 1. The van der Waals surface area contributed by atoms with Gasteiger partial charge in [-0.2, -0.15) is 0 Å². The van der Waals surface area contributed by atoms with E-state index in [1.54, 1.807) is 6.08 Å². The van der Waals surface area contributed by atoms with Crippen molar-refractivity contribution in [2.45, 2.75) is 83.5 Å². The summed E-state index contributed by atoms with van der Waals surface area (Å²) in [5.41, 5.74) is -0.00357. The molecule has 0 radical (unpaired) electrons. The van der Waals surface area contributed by atoms with Crippen LogP contribution in [0.3, 0.4) is 0 Å². The standard InChI is InChI=1S/C30H39NO7/c1-15-7-18-23(19(32)8-15)17(3)30(35)25-27(18,13-37-30)10-21-26(4,28(25)11-22(33)36-14-28)5-6-29-9-16(2)24(34)20(38-29)12-31(21)29/h8,10,16-18,20,23-25,34-35H,5-7,9,11-14H2,1-4H3/t16-,17-,18-,20+,23+,24+,25+,26-,27?,28-,29+,30+/m1/s1. The molecule has 8 nitrogen and oxygen atoms in total. The molecule has 1 unspecified atom stereocenters. The van der Waals surface area contributed by atoms with E-state index >= 15 is 0 Å². The van der Waals surface area contributed by atoms with Crippen LogP contribution in [-0.2, 0) is 23.8 Å². The predicted molar refractivity (Wildman–Crippen MR) is 134 cm³/mol. The monoisotopic (exact) mass is 525 g/mol. The number of esters is 1. The van der Waals surface area contributed by atoms with Gasteiger partial charge in [-0.15, -0.1) is 0 Å². The van der Waals surface area contributed by atoms with Crippen LogP contribution in [0.4, 0.5) is 0 Å². The van der Waals surface area contributed by atoms with Gasteiger partial charge in [0.05, 0.1) is 25.7 Å². The van der Waals surface area contributed by atoms with E-state index in [4.69, 9.17) is 14.2 Å². The summed E-state index contributed by atoms with van der Waals surface area (Å²) in [4.78, 5) is 28.9. The average molecular weight is 526 g/mol. The van der Waals surface area contributed by atoms with E-state index in [0.717, 1.165) is 37.0 Å². The zero-order valence-electron chi connectivity index (χ0n) is 22.7. The number of ketones is 1. The third kappa shape index (κ3) is 2.42. The molecule has 0 aromatic heterocycles. The Morgan fingerprint density at radius 3 is 2.68 bits per heavy atom. The lowest BCUT2D eigenvalue weighted by Gasteiger charge is -2.68. The van der Waals surface area contributed by atoms with Crippen LogP contribution in [0.25, 0.3) is 0 Å². The van der Waals surface area contributed by atoms with E-state index in [1.165, 1.54) is 0 Å². The molecule has 5 heterocycles. The lowest BCUT2D eigenvalue weighted by molar-refractivity contribution is -0.294. The van der Waals surface area contributed by atoms with Crippen LogP contribution in [0.1, 0.15) is 59.8 Å². The Morgan fingerprint density at radius 2 is 1.95 bits per heavy atom. The molecule has 0 amide bonds. The number of carbonyl (C=O) groups is 2. The van der Waals surface area contributed by atoms with Crippen molar-refractivity contribution in [2.75, 3.05) is 19.8 Å². The van der Waals surface area contributed by atoms with Gasteiger partial charge in [-0.1, -0.05) is 32.4 Å². The van der Waals surface area contributed by atoms with Gasteiger partial charge in [-0.3, -0.25) is 9.59 Å². The van der Waals surface area contributed by atoms with Gasteiger partial charge in [0.15, 0.2) is 11.6 Å². The smallest absolute Gasteiger partial charge is 0.306 e. The third-order valence-corrected chi connectivity index (χ3v) is 12.8. The number of allylic oxidation sites excluding steroid dienone is 3. The number of carbonyl (C=O) groups excluding carboxylic acids is 2. The molecular formula is C30H39NO7. The van der Waals surface area contributed by atoms with Gasteiger partial charge in [0.2, 0.25) is 0 Å². The van der Waals surface area contributed by atoms with Crippen LogP contribution in [-0.4, -0.2) is 70.3 Å². The molecular weight excluding hydrogens is 486 g/mol. The lowest BCUT2D eigenvalue weighted by atomic mass is 9.37. The predicted octanol–water partition coefficient (Wildman–Crippen LogP) is 2.54. The van der Waals surface area contributed by atoms with Crippen molar-refractivity contribution in [2.24, 2.45) is 45.8 Å². The van der Waals surface area contributed by atoms with Crippen molar-refractivity contribution in [1.29, 1.82) is 0 Å².